The number of amides is 1. The van der Waals surface area contributed by atoms with E-state index in [1.54, 1.807) is 18.3 Å². The van der Waals surface area contributed by atoms with E-state index in [9.17, 15) is 9.18 Å². The number of hydrogen-bond acceptors (Lipinski definition) is 3. The average molecular weight is 403 g/mol. The van der Waals surface area contributed by atoms with Crippen LogP contribution in [0.5, 0.6) is 0 Å². The third kappa shape index (κ3) is 3.26. The molecule has 0 radical (unpaired) electrons. The molecule has 1 aliphatic rings. The fraction of sp³-hybridized carbons (Fsp3) is 0.261. The molecule has 3 heterocycles. The van der Waals surface area contributed by atoms with Crippen LogP contribution in [0.2, 0.25) is 0 Å². The number of fused-ring (bicyclic) bond motifs is 1. The summed E-state index contributed by atoms with van der Waals surface area (Å²) < 4.78 is 17.6. The number of nitrogens with zero attached hydrogens (tertiary/aromatic N) is 4. The first-order chi connectivity index (χ1) is 14.5. The summed E-state index contributed by atoms with van der Waals surface area (Å²) >= 11 is 0. The Morgan fingerprint density at radius 2 is 1.90 bits per heavy atom. The first-order valence-electron chi connectivity index (χ1n) is 10.1. The first kappa shape index (κ1) is 18.5. The number of imidazole rings is 2. The maximum atomic E-state index is 13.5. The van der Waals surface area contributed by atoms with Crippen molar-refractivity contribution in [1.29, 1.82) is 0 Å². The van der Waals surface area contributed by atoms with E-state index in [0.717, 1.165) is 33.9 Å². The van der Waals surface area contributed by atoms with Crippen LogP contribution < -0.4 is 5.73 Å². The smallest absolute Gasteiger partial charge is 0.223 e. The standard InChI is InChI=1S/C23H22FN5O/c1-14(15-2-3-15)29-13-27-22(16-4-7-18(24)8-5-16)23(29)17-6-9-21-26-11-19(10-20(25)30)28(21)12-17/h4-9,11-15H,2-3,10H2,1H3,(H2,25,30). The quantitative estimate of drug-likeness (QED) is 0.528. The van der Waals surface area contributed by atoms with Crippen LogP contribution in [0.1, 0.15) is 31.5 Å². The summed E-state index contributed by atoms with van der Waals surface area (Å²) in [5, 5.41) is 0. The van der Waals surface area contributed by atoms with Crippen molar-refractivity contribution in [3.8, 4) is 22.5 Å². The van der Waals surface area contributed by atoms with Gasteiger partial charge in [-0.1, -0.05) is 0 Å². The number of rotatable bonds is 6. The number of carbonyl (C=O) groups excluding carboxylic acids is 1. The van der Waals surface area contributed by atoms with Gasteiger partial charge in [-0.05, 0) is 62.1 Å². The topological polar surface area (TPSA) is 78.2 Å². The van der Waals surface area contributed by atoms with Crippen LogP contribution in [-0.2, 0) is 11.2 Å². The van der Waals surface area contributed by atoms with Crippen molar-refractivity contribution in [2.75, 3.05) is 0 Å². The van der Waals surface area contributed by atoms with Gasteiger partial charge in [-0.3, -0.25) is 4.79 Å². The molecule has 30 heavy (non-hydrogen) atoms. The average Bonchev–Trinajstić information content (AvgIpc) is 3.38. The molecule has 1 aliphatic carbocycles. The number of pyridine rings is 1. The zero-order valence-corrected chi connectivity index (χ0v) is 16.6. The number of benzene rings is 1. The summed E-state index contributed by atoms with van der Waals surface area (Å²) in [7, 11) is 0. The van der Waals surface area contributed by atoms with Gasteiger partial charge in [0, 0.05) is 29.6 Å². The number of carbonyl (C=O) groups is 1. The van der Waals surface area contributed by atoms with Crippen LogP contribution in [0.3, 0.4) is 0 Å². The van der Waals surface area contributed by atoms with E-state index in [1.165, 1.54) is 25.0 Å². The Hall–Kier alpha value is -3.48. The number of primary amides is 1. The summed E-state index contributed by atoms with van der Waals surface area (Å²) in [4.78, 5) is 20.5. The van der Waals surface area contributed by atoms with Gasteiger partial charge in [0.25, 0.3) is 0 Å². The molecule has 1 amide bonds. The summed E-state index contributed by atoms with van der Waals surface area (Å²) in [6, 6.07) is 10.6. The van der Waals surface area contributed by atoms with Crippen LogP contribution in [0, 0.1) is 11.7 Å². The summed E-state index contributed by atoms with van der Waals surface area (Å²) in [6.07, 6.45) is 8.07. The van der Waals surface area contributed by atoms with E-state index in [2.05, 4.69) is 16.5 Å². The molecule has 0 spiro atoms. The molecule has 0 bridgehead atoms. The van der Waals surface area contributed by atoms with Gasteiger partial charge in [-0.25, -0.2) is 14.4 Å². The molecule has 1 fully saturated rings. The molecule has 1 atom stereocenters. The van der Waals surface area contributed by atoms with E-state index in [1.807, 2.05) is 29.1 Å². The van der Waals surface area contributed by atoms with Gasteiger partial charge in [-0.15, -0.1) is 0 Å². The Labute approximate surface area is 173 Å². The number of aromatic nitrogens is 4. The Kier molecular flexibility index (Phi) is 4.38. The molecule has 0 saturated heterocycles. The second-order valence-electron chi connectivity index (χ2n) is 7.97. The van der Waals surface area contributed by atoms with Crippen LogP contribution in [0.4, 0.5) is 4.39 Å². The third-order valence-electron chi connectivity index (χ3n) is 5.87. The predicted octanol–water partition coefficient (Wildman–Crippen LogP) is 4.00. The summed E-state index contributed by atoms with van der Waals surface area (Å²) in [5.74, 6) is -0.0370. The summed E-state index contributed by atoms with van der Waals surface area (Å²) in [6.45, 7) is 2.21. The zero-order chi connectivity index (χ0) is 20.8. The Morgan fingerprint density at radius 1 is 1.17 bits per heavy atom. The second-order valence-corrected chi connectivity index (χ2v) is 7.97. The fourth-order valence-electron chi connectivity index (χ4n) is 4.06. The molecule has 3 aromatic heterocycles. The van der Waals surface area contributed by atoms with Crippen LogP contribution in [0.15, 0.2) is 55.1 Å². The van der Waals surface area contributed by atoms with Crippen molar-refractivity contribution < 1.29 is 9.18 Å². The van der Waals surface area contributed by atoms with Gasteiger partial charge in [0.05, 0.1) is 29.8 Å². The fourth-order valence-corrected chi connectivity index (χ4v) is 4.06. The summed E-state index contributed by atoms with van der Waals surface area (Å²) in [5.41, 5.74) is 10.5. The second kappa shape index (κ2) is 7.09. The molecule has 5 rings (SSSR count). The molecule has 1 unspecified atom stereocenters. The number of nitrogens with two attached hydrogens (primary N) is 1. The van der Waals surface area contributed by atoms with E-state index >= 15 is 0 Å². The van der Waals surface area contributed by atoms with Gasteiger partial charge in [0.15, 0.2) is 0 Å². The van der Waals surface area contributed by atoms with Gasteiger partial charge in [-0.2, -0.15) is 0 Å². The van der Waals surface area contributed by atoms with Crippen molar-refractivity contribution in [2.45, 2.75) is 32.2 Å². The molecule has 1 saturated carbocycles. The normalized spacial score (nSPS) is 14.9. The van der Waals surface area contributed by atoms with Gasteiger partial charge in [0.2, 0.25) is 5.91 Å². The zero-order valence-electron chi connectivity index (χ0n) is 16.6. The number of halogens is 1. The molecular formula is C23H22FN5O. The lowest BCUT2D eigenvalue weighted by Gasteiger charge is -2.17. The first-order valence-corrected chi connectivity index (χ1v) is 10.1. The molecule has 7 heteroatoms. The van der Waals surface area contributed by atoms with Crippen molar-refractivity contribution in [3.63, 3.8) is 0 Å². The minimum atomic E-state index is -0.401. The monoisotopic (exact) mass is 403 g/mol. The molecule has 4 aromatic rings. The molecule has 152 valence electrons. The highest BCUT2D eigenvalue weighted by atomic mass is 19.1. The third-order valence-corrected chi connectivity index (χ3v) is 5.87. The Morgan fingerprint density at radius 3 is 2.60 bits per heavy atom. The predicted molar refractivity (Wildman–Crippen MR) is 112 cm³/mol. The maximum absolute atomic E-state index is 13.5. The van der Waals surface area contributed by atoms with Gasteiger partial charge < -0.3 is 14.7 Å². The Bertz CT molecular complexity index is 1240. The van der Waals surface area contributed by atoms with E-state index in [0.29, 0.717) is 12.0 Å². The van der Waals surface area contributed by atoms with Gasteiger partial charge >= 0.3 is 0 Å². The van der Waals surface area contributed by atoms with Crippen LogP contribution >= 0.6 is 0 Å². The molecule has 1 aromatic carbocycles. The van der Waals surface area contributed by atoms with Crippen LogP contribution in [-0.4, -0.2) is 24.8 Å². The van der Waals surface area contributed by atoms with E-state index < -0.39 is 5.91 Å². The van der Waals surface area contributed by atoms with Crippen LogP contribution in [0.25, 0.3) is 28.2 Å². The lowest BCUT2D eigenvalue weighted by atomic mass is 10.0. The minimum Gasteiger partial charge on any atom is -0.369 e. The lowest BCUT2D eigenvalue weighted by molar-refractivity contribution is -0.117. The highest BCUT2D eigenvalue weighted by molar-refractivity contribution is 5.79. The molecule has 0 aliphatic heterocycles. The molecule has 6 nitrogen and oxygen atoms in total. The highest BCUT2D eigenvalue weighted by Crippen LogP contribution is 2.43. The highest BCUT2D eigenvalue weighted by Gasteiger charge is 2.31. The minimum absolute atomic E-state index is 0.118. The maximum Gasteiger partial charge on any atom is 0.223 e. The van der Waals surface area contributed by atoms with Crippen molar-refractivity contribution in [3.05, 3.63) is 66.6 Å². The van der Waals surface area contributed by atoms with E-state index in [4.69, 9.17) is 10.7 Å². The molecule has 2 N–H and O–H groups in total. The van der Waals surface area contributed by atoms with Gasteiger partial charge in [0.1, 0.15) is 11.5 Å². The van der Waals surface area contributed by atoms with Crippen molar-refractivity contribution in [2.24, 2.45) is 11.7 Å². The largest absolute Gasteiger partial charge is 0.369 e. The number of hydrogen-bond donors (Lipinski definition) is 1. The van der Waals surface area contributed by atoms with Crippen molar-refractivity contribution >= 4 is 11.6 Å². The van der Waals surface area contributed by atoms with Crippen molar-refractivity contribution in [1.82, 2.24) is 18.9 Å². The van der Waals surface area contributed by atoms with E-state index in [-0.39, 0.29) is 12.2 Å². The lowest BCUT2D eigenvalue weighted by Crippen LogP contribution is -2.15. The molecular weight excluding hydrogens is 381 g/mol. The Balaban J connectivity index is 1.69. The SMILES string of the molecule is CC(C1CC1)n1cnc(-c2ccc(F)cc2)c1-c1ccc2ncc(CC(N)=O)n2c1.